The second-order valence-corrected chi connectivity index (χ2v) is 8.15. The monoisotopic (exact) mass is 384 g/mol. The van der Waals surface area contributed by atoms with Gasteiger partial charge < -0.3 is 14.7 Å². The number of fused-ring (bicyclic) bond motifs is 1. The van der Waals surface area contributed by atoms with Crippen LogP contribution in [0.2, 0.25) is 0 Å². The minimum absolute atomic E-state index is 0.00258. The SMILES string of the molecule is C[C@@H]1CN(C[C@H]2CN(C(=O)c3ccc4nccnc4c3)C[C@H]2CO)C[C@H](C)O1. The molecule has 2 aliphatic rings. The first kappa shape index (κ1) is 19.2. The highest BCUT2D eigenvalue weighted by atomic mass is 16.5. The fourth-order valence-electron chi connectivity index (χ4n) is 4.56. The molecule has 28 heavy (non-hydrogen) atoms. The van der Waals surface area contributed by atoms with Crippen LogP contribution >= 0.6 is 0 Å². The average Bonchev–Trinajstić information content (AvgIpc) is 3.09. The van der Waals surface area contributed by atoms with Gasteiger partial charge in [0.15, 0.2) is 0 Å². The summed E-state index contributed by atoms with van der Waals surface area (Å²) < 4.78 is 5.82. The number of aliphatic hydroxyl groups excluding tert-OH is 1. The predicted molar refractivity (Wildman–Crippen MR) is 106 cm³/mol. The third-order valence-electron chi connectivity index (χ3n) is 5.80. The van der Waals surface area contributed by atoms with Gasteiger partial charge in [0.05, 0.1) is 23.2 Å². The van der Waals surface area contributed by atoms with Crippen LogP contribution in [0.15, 0.2) is 30.6 Å². The Labute approximate surface area is 165 Å². The van der Waals surface area contributed by atoms with Crippen molar-refractivity contribution in [1.82, 2.24) is 19.8 Å². The topological polar surface area (TPSA) is 78.8 Å². The first-order valence-electron chi connectivity index (χ1n) is 10.0. The normalized spacial score (nSPS) is 28.8. The van der Waals surface area contributed by atoms with Gasteiger partial charge in [0.1, 0.15) is 0 Å². The van der Waals surface area contributed by atoms with E-state index < -0.39 is 0 Å². The number of hydrogen-bond acceptors (Lipinski definition) is 6. The molecule has 1 amide bonds. The van der Waals surface area contributed by atoms with E-state index in [1.807, 2.05) is 17.0 Å². The van der Waals surface area contributed by atoms with Crippen molar-refractivity contribution in [2.75, 3.05) is 39.3 Å². The van der Waals surface area contributed by atoms with Crippen LogP contribution in [0.4, 0.5) is 0 Å². The van der Waals surface area contributed by atoms with Gasteiger partial charge in [-0.1, -0.05) is 0 Å². The number of rotatable bonds is 4. The van der Waals surface area contributed by atoms with Gasteiger partial charge in [-0.3, -0.25) is 19.7 Å². The highest BCUT2D eigenvalue weighted by Gasteiger charge is 2.37. The molecule has 0 saturated carbocycles. The van der Waals surface area contributed by atoms with E-state index in [-0.39, 0.29) is 36.6 Å². The zero-order valence-electron chi connectivity index (χ0n) is 16.5. The first-order chi connectivity index (χ1) is 13.5. The summed E-state index contributed by atoms with van der Waals surface area (Å²) in [5.41, 5.74) is 2.13. The van der Waals surface area contributed by atoms with E-state index in [9.17, 15) is 9.90 Å². The van der Waals surface area contributed by atoms with Crippen molar-refractivity contribution in [2.24, 2.45) is 11.8 Å². The van der Waals surface area contributed by atoms with Crippen LogP contribution < -0.4 is 0 Å². The lowest BCUT2D eigenvalue weighted by Crippen LogP contribution is -2.48. The molecular formula is C21H28N4O3. The number of aromatic nitrogens is 2. The minimum atomic E-state index is -0.00258. The number of amides is 1. The quantitative estimate of drug-likeness (QED) is 0.859. The fraction of sp³-hybridized carbons (Fsp3) is 0.571. The number of hydrogen-bond donors (Lipinski definition) is 1. The van der Waals surface area contributed by atoms with Crippen molar-refractivity contribution >= 4 is 16.9 Å². The summed E-state index contributed by atoms with van der Waals surface area (Å²) in [5.74, 6) is 0.376. The molecule has 0 unspecified atom stereocenters. The van der Waals surface area contributed by atoms with Gasteiger partial charge in [0.2, 0.25) is 0 Å². The van der Waals surface area contributed by atoms with E-state index in [2.05, 4.69) is 28.7 Å². The van der Waals surface area contributed by atoms with Crippen LogP contribution in [-0.2, 0) is 4.74 Å². The summed E-state index contributed by atoms with van der Waals surface area (Å²) in [6, 6.07) is 5.45. The lowest BCUT2D eigenvalue weighted by molar-refractivity contribution is -0.0726. The Balaban J connectivity index is 1.45. The third kappa shape index (κ3) is 4.01. The molecule has 4 atom stereocenters. The van der Waals surface area contributed by atoms with Gasteiger partial charge in [0, 0.05) is 63.2 Å². The van der Waals surface area contributed by atoms with Gasteiger partial charge in [-0.05, 0) is 38.0 Å². The van der Waals surface area contributed by atoms with Crippen molar-refractivity contribution in [3.63, 3.8) is 0 Å². The summed E-state index contributed by atoms with van der Waals surface area (Å²) in [6.45, 7) is 8.24. The van der Waals surface area contributed by atoms with Crippen LogP contribution in [0.5, 0.6) is 0 Å². The maximum Gasteiger partial charge on any atom is 0.253 e. The molecule has 1 N–H and O–H groups in total. The van der Waals surface area contributed by atoms with Gasteiger partial charge in [-0.2, -0.15) is 0 Å². The molecule has 2 fully saturated rings. The summed E-state index contributed by atoms with van der Waals surface area (Å²) >= 11 is 0. The van der Waals surface area contributed by atoms with E-state index in [1.165, 1.54) is 0 Å². The zero-order chi connectivity index (χ0) is 19.7. The van der Waals surface area contributed by atoms with Crippen molar-refractivity contribution in [1.29, 1.82) is 0 Å². The molecular weight excluding hydrogens is 356 g/mol. The van der Waals surface area contributed by atoms with Gasteiger partial charge in [-0.25, -0.2) is 0 Å². The Morgan fingerprint density at radius 1 is 1.07 bits per heavy atom. The summed E-state index contributed by atoms with van der Waals surface area (Å²) in [4.78, 5) is 25.9. The Kier molecular flexibility index (Phi) is 5.57. The Morgan fingerprint density at radius 3 is 2.46 bits per heavy atom. The largest absolute Gasteiger partial charge is 0.396 e. The van der Waals surface area contributed by atoms with Crippen LogP contribution in [0, 0.1) is 11.8 Å². The lowest BCUT2D eigenvalue weighted by atomic mass is 9.96. The number of carbonyl (C=O) groups excluding carboxylic acids is 1. The van der Waals surface area contributed by atoms with Crippen LogP contribution in [-0.4, -0.2) is 82.3 Å². The van der Waals surface area contributed by atoms with Crippen molar-refractivity contribution in [3.8, 4) is 0 Å². The molecule has 150 valence electrons. The standard InChI is InChI=1S/C21H28N4O3/c1-14-8-24(9-15(2)28-14)10-17-11-25(12-18(17)13-26)21(27)16-3-4-19-20(7-16)23-6-5-22-19/h3-7,14-15,17-18,26H,8-13H2,1-2H3/t14-,15+,17-,18-/m0/s1. The van der Waals surface area contributed by atoms with Crippen molar-refractivity contribution in [3.05, 3.63) is 36.2 Å². The van der Waals surface area contributed by atoms with E-state index >= 15 is 0 Å². The van der Waals surface area contributed by atoms with Crippen LogP contribution in [0.25, 0.3) is 11.0 Å². The maximum absolute atomic E-state index is 13.1. The third-order valence-corrected chi connectivity index (χ3v) is 5.80. The molecule has 4 rings (SSSR count). The van der Waals surface area contributed by atoms with Gasteiger partial charge >= 0.3 is 0 Å². The Hall–Kier alpha value is -2.09. The summed E-state index contributed by atoms with van der Waals surface area (Å²) in [6.07, 6.45) is 3.71. The minimum Gasteiger partial charge on any atom is -0.396 e. The number of ether oxygens (including phenoxy) is 1. The molecule has 2 aliphatic heterocycles. The van der Waals surface area contributed by atoms with E-state index in [0.29, 0.717) is 18.7 Å². The van der Waals surface area contributed by atoms with Crippen molar-refractivity contribution < 1.29 is 14.6 Å². The molecule has 0 radical (unpaired) electrons. The predicted octanol–water partition coefficient (Wildman–Crippen LogP) is 1.42. The molecule has 1 aromatic carbocycles. The van der Waals surface area contributed by atoms with Gasteiger partial charge in [0.25, 0.3) is 5.91 Å². The maximum atomic E-state index is 13.1. The summed E-state index contributed by atoms with van der Waals surface area (Å²) in [5, 5.41) is 9.88. The van der Waals surface area contributed by atoms with Crippen LogP contribution in [0.1, 0.15) is 24.2 Å². The molecule has 0 spiro atoms. The zero-order valence-corrected chi connectivity index (χ0v) is 16.5. The first-order valence-corrected chi connectivity index (χ1v) is 10.0. The summed E-state index contributed by atoms with van der Waals surface area (Å²) in [7, 11) is 0. The number of morpholine rings is 1. The highest BCUT2D eigenvalue weighted by molar-refractivity contribution is 5.97. The Morgan fingerprint density at radius 2 is 1.75 bits per heavy atom. The number of aliphatic hydroxyl groups is 1. The molecule has 3 heterocycles. The Bertz CT molecular complexity index is 835. The van der Waals surface area contributed by atoms with E-state index in [0.717, 1.165) is 30.7 Å². The lowest BCUT2D eigenvalue weighted by Gasteiger charge is -2.37. The van der Waals surface area contributed by atoms with Gasteiger partial charge in [-0.15, -0.1) is 0 Å². The number of benzene rings is 1. The molecule has 0 aliphatic carbocycles. The average molecular weight is 384 g/mol. The second kappa shape index (κ2) is 8.11. The molecule has 1 aromatic heterocycles. The fourth-order valence-corrected chi connectivity index (χ4v) is 4.56. The molecule has 2 saturated heterocycles. The van der Waals surface area contributed by atoms with Crippen LogP contribution in [0.3, 0.4) is 0 Å². The van der Waals surface area contributed by atoms with Crippen molar-refractivity contribution in [2.45, 2.75) is 26.1 Å². The number of nitrogens with zero attached hydrogens (tertiary/aromatic N) is 4. The second-order valence-electron chi connectivity index (χ2n) is 8.15. The number of likely N-dealkylation sites (tertiary alicyclic amines) is 1. The molecule has 2 aromatic rings. The molecule has 0 bridgehead atoms. The highest BCUT2D eigenvalue weighted by Crippen LogP contribution is 2.27. The molecule has 7 nitrogen and oxygen atoms in total. The van der Waals surface area contributed by atoms with E-state index in [4.69, 9.17) is 4.74 Å². The smallest absolute Gasteiger partial charge is 0.253 e. The number of carbonyl (C=O) groups is 1. The van der Waals surface area contributed by atoms with E-state index in [1.54, 1.807) is 18.5 Å². The molecule has 7 heteroatoms.